The van der Waals surface area contributed by atoms with Crippen LogP contribution in [0.4, 0.5) is 0 Å². The van der Waals surface area contributed by atoms with Crippen LogP contribution in [0.2, 0.25) is 0 Å². The number of guanidine groups is 1. The summed E-state index contributed by atoms with van der Waals surface area (Å²) in [5.41, 5.74) is 2.93. The number of aliphatic imine (C=N–C) groups is 1. The number of hydrogen-bond donors (Lipinski definition) is 1. The Morgan fingerprint density at radius 1 is 0.967 bits per heavy atom. The summed E-state index contributed by atoms with van der Waals surface area (Å²) in [6.07, 6.45) is 0.846. The second-order valence-electron chi connectivity index (χ2n) is 7.16. The number of ether oxygens (including phenoxy) is 2. The molecule has 30 heavy (non-hydrogen) atoms. The summed E-state index contributed by atoms with van der Waals surface area (Å²) in [5, 5.41) is 3.37. The van der Waals surface area contributed by atoms with Crippen LogP contribution in [0.5, 0.6) is 11.5 Å². The molecule has 0 spiro atoms. The predicted octanol–water partition coefficient (Wildman–Crippen LogP) is 2.66. The Balaban J connectivity index is 1.91. The topological polar surface area (TPSA) is 66.4 Å². The Labute approximate surface area is 179 Å². The fourth-order valence-corrected chi connectivity index (χ4v) is 3.03. The van der Waals surface area contributed by atoms with Gasteiger partial charge in [-0.05, 0) is 41.8 Å². The summed E-state index contributed by atoms with van der Waals surface area (Å²) in [6.45, 7) is 1.43. The summed E-state index contributed by atoms with van der Waals surface area (Å²) >= 11 is 0. The fraction of sp³-hybridized carbons (Fsp3) is 0.391. The highest BCUT2D eigenvalue weighted by atomic mass is 16.5. The van der Waals surface area contributed by atoms with E-state index in [0.29, 0.717) is 12.1 Å². The highest BCUT2D eigenvalue weighted by Gasteiger charge is 2.10. The van der Waals surface area contributed by atoms with Crippen LogP contribution in [0.3, 0.4) is 0 Å². The van der Waals surface area contributed by atoms with Gasteiger partial charge >= 0.3 is 0 Å². The number of amides is 1. The molecule has 0 aliphatic heterocycles. The molecule has 0 radical (unpaired) electrons. The summed E-state index contributed by atoms with van der Waals surface area (Å²) in [4.78, 5) is 20.0. The van der Waals surface area contributed by atoms with E-state index in [1.165, 1.54) is 0 Å². The van der Waals surface area contributed by atoms with Crippen molar-refractivity contribution < 1.29 is 14.3 Å². The number of nitrogens with zero attached hydrogens (tertiary/aromatic N) is 3. The number of nitrogens with one attached hydrogen (secondary N) is 1. The average Bonchev–Trinajstić information content (AvgIpc) is 2.77. The molecule has 1 N–H and O–H groups in total. The highest BCUT2D eigenvalue weighted by molar-refractivity contribution is 5.93. The summed E-state index contributed by atoms with van der Waals surface area (Å²) in [6, 6.07) is 13.6. The molecule has 0 unspecified atom stereocenters. The van der Waals surface area contributed by atoms with Crippen molar-refractivity contribution in [1.29, 1.82) is 0 Å². The maximum atomic E-state index is 12.0. The normalized spacial score (nSPS) is 11.1. The minimum atomic E-state index is 0.000199. The lowest BCUT2D eigenvalue weighted by Gasteiger charge is -2.22. The molecule has 1 amide bonds. The van der Waals surface area contributed by atoms with Crippen molar-refractivity contribution in [1.82, 2.24) is 15.1 Å². The molecule has 162 valence electrons. The van der Waals surface area contributed by atoms with Gasteiger partial charge in [0.1, 0.15) is 0 Å². The molecule has 7 nitrogen and oxygen atoms in total. The van der Waals surface area contributed by atoms with Gasteiger partial charge in [0.15, 0.2) is 17.5 Å². The van der Waals surface area contributed by atoms with Crippen molar-refractivity contribution >= 4 is 11.9 Å². The van der Waals surface area contributed by atoms with Crippen LogP contribution in [-0.2, 0) is 13.0 Å². The van der Waals surface area contributed by atoms with Crippen LogP contribution in [0.25, 0.3) is 0 Å². The van der Waals surface area contributed by atoms with Crippen molar-refractivity contribution in [3.05, 3.63) is 59.2 Å². The molecule has 7 heteroatoms. The zero-order valence-electron chi connectivity index (χ0n) is 18.7. The molecule has 0 heterocycles. The van der Waals surface area contributed by atoms with Gasteiger partial charge in [-0.2, -0.15) is 0 Å². The van der Waals surface area contributed by atoms with Gasteiger partial charge in [-0.25, -0.2) is 0 Å². The predicted molar refractivity (Wildman–Crippen MR) is 121 cm³/mol. The summed E-state index contributed by atoms with van der Waals surface area (Å²) < 4.78 is 10.7. The van der Waals surface area contributed by atoms with E-state index in [1.807, 2.05) is 49.5 Å². The number of hydrogen-bond acceptors (Lipinski definition) is 4. The van der Waals surface area contributed by atoms with Crippen LogP contribution in [0.1, 0.15) is 21.5 Å². The third kappa shape index (κ3) is 6.14. The third-order valence-corrected chi connectivity index (χ3v) is 4.81. The largest absolute Gasteiger partial charge is 0.493 e. The molecule has 0 bridgehead atoms. The van der Waals surface area contributed by atoms with E-state index in [0.717, 1.165) is 41.6 Å². The number of carbonyl (C=O) groups excluding carboxylic acids is 1. The lowest BCUT2D eigenvalue weighted by molar-refractivity contribution is 0.0827. The smallest absolute Gasteiger partial charge is 0.253 e. The monoisotopic (exact) mass is 412 g/mol. The van der Waals surface area contributed by atoms with E-state index in [-0.39, 0.29) is 5.91 Å². The molecule has 2 rings (SSSR count). The first-order valence-electron chi connectivity index (χ1n) is 9.82. The number of rotatable bonds is 8. The molecular weight excluding hydrogens is 380 g/mol. The Morgan fingerprint density at radius 2 is 1.60 bits per heavy atom. The second-order valence-corrected chi connectivity index (χ2v) is 7.16. The average molecular weight is 413 g/mol. The quantitative estimate of drug-likeness (QED) is 0.533. The second kappa shape index (κ2) is 11.1. The van der Waals surface area contributed by atoms with Gasteiger partial charge in [0.2, 0.25) is 0 Å². The van der Waals surface area contributed by atoms with Crippen LogP contribution in [0, 0.1) is 0 Å². The fourth-order valence-electron chi connectivity index (χ4n) is 3.03. The van der Waals surface area contributed by atoms with Gasteiger partial charge < -0.3 is 24.6 Å². The first-order valence-corrected chi connectivity index (χ1v) is 9.82. The Bertz CT molecular complexity index is 863. The van der Waals surface area contributed by atoms with E-state index in [2.05, 4.69) is 15.2 Å². The molecule has 2 aromatic carbocycles. The molecule has 0 fully saturated rings. The lowest BCUT2D eigenvalue weighted by Crippen LogP contribution is -2.39. The minimum Gasteiger partial charge on any atom is -0.493 e. The van der Waals surface area contributed by atoms with Gasteiger partial charge in [0.05, 0.1) is 14.2 Å². The molecule has 0 atom stereocenters. The zero-order valence-corrected chi connectivity index (χ0v) is 18.7. The van der Waals surface area contributed by atoms with Crippen molar-refractivity contribution in [2.24, 2.45) is 4.99 Å². The molecule has 0 aliphatic carbocycles. The SMILES string of the molecule is CN=C(NCc1ccc(C(=O)N(C)C)cc1)N(C)CCc1ccc(OC)c(OC)c1. The van der Waals surface area contributed by atoms with E-state index < -0.39 is 0 Å². The first-order chi connectivity index (χ1) is 14.4. The van der Waals surface area contributed by atoms with Crippen LogP contribution >= 0.6 is 0 Å². The van der Waals surface area contributed by atoms with Gasteiger partial charge in [0.25, 0.3) is 5.91 Å². The van der Waals surface area contributed by atoms with E-state index >= 15 is 0 Å². The van der Waals surface area contributed by atoms with Gasteiger partial charge in [-0.15, -0.1) is 0 Å². The van der Waals surface area contributed by atoms with Gasteiger partial charge in [0, 0.05) is 46.8 Å². The molecule has 2 aromatic rings. The molecule has 0 saturated heterocycles. The highest BCUT2D eigenvalue weighted by Crippen LogP contribution is 2.27. The van der Waals surface area contributed by atoms with Gasteiger partial charge in [-0.1, -0.05) is 18.2 Å². The van der Waals surface area contributed by atoms with E-state index in [1.54, 1.807) is 40.3 Å². The maximum absolute atomic E-state index is 12.0. The number of likely N-dealkylation sites (N-methyl/N-ethyl adjacent to an activating group) is 1. The van der Waals surface area contributed by atoms with Crippen molar-refractivity contribution in [2.75, 3.05) is 49.0 Å². The van der Waals surface area contributed by atoms with Crippen LogP contribution in [0.15, 0.2) is 47.5 Å². The van der Waals surface area contributed by atoms with Gasteiger partial charge in [-0.3, -0.25) is 9.79 Å². The molecule has 0 aromatic heterocycles. The Morgan fingerprint density at radius 3 is 2.17 bits per heavy atom. The van der Waals surface area contributed by atoms with Crippen molar-refractivity contribution in [3.63, 3.8) is 0 Å². The zero-order chi connectivity index (χ0) is 22.1. The van der Waals surface area contributed by atoms with Crippen LogP contribution < -0.4 is 14.8 Å². The Hall–Kier alpha value is -3.22. The molecule has 0 aliphatic rings. The third-order valence-electron chi connectivity index (χ3n) is 4.81. The van der Waals surface area contributed by atoms with Crippen molar-refractivity contribution in [2.45, 2.75) is 13.0 Å². The summed E-state index contributed by atoms with van der Waals surface area (Å²) in [7, 11) is 10.6. The number of benzene rings is 2. The van der Waals surface area contributed by atoms with E-state index in [4.69, 9.17) is 9.47 Å². The first kappa shape index (κ1) is 23.1. The maximum Gasteiger partial charge on any atom is 0.253 e. The lowest BCUT2D eigenvalue weighted by atomic mass is 10.1. The van der Waals surface area contributed by atoms with Crippen molar-refractivity contribution in [3.8, 4) is 11.5 Å². The molecule has 0 saturated carbocycles. The summed E-state index contributed by atoms with van der Waals surface area (Å²) in [5.74, 6) is 2.27. The number of methoxy groups -OCH3 is 2. The standard InChI is InChI=1S/C23H32N4O3/c1-24-23(25-16-18-7-10-19(11-8-18)22(28)26(2)3)27(4)14-13-17-9-12-20(29-5)21(15-17)30-6/h7-12,15H,13-14,16H2,1-6H3,(H,24,25). The minimum absolute atomic E-state index is 0.000199. The van der Waals surface area contributed by atoms with E-state index in [9.17, 15) is 4.79 Å². The Kier molecular flexibility index (Phi) is 8.53. The molecular formula is C23H32N4O3. The van der Waals surface area contributed by atoms with Crippen LogP contribution in [-0.4, -0.2) is 70.6 Å². The number of carbonyl (C=O) groups is 1.